The second kappa shape index (κ2) is 2.74. The van der Waals surface area contributed by atoms with E-state index in [-0.39, 0.29) is 11.7 Å². The monoisotopic (exact) mass is 205 g/mol. The van der Waals surface area contributed by atoms with Crippen molar-refractivity contribution >= 4 is 15.9 Å². The van der Waals surface area contributed by atoms with E-state index in [1.54, 1.807) is 0 Å². The average molecular weight is 206 g/mol. The highest BCUT2D eigenvalue weighted by molar-refractivity contribution is 9.10. The first-order valence-corrected chi connectivity index (χ1v) is 3.94. The van der Waals surface area contributed by atoms with Gasteiger partial charge in [-0.05, 0) is 21.8 Å². The van der Waals surface area contributed by atoms with Gasteiger partial charge < -0.3 is 4.98 Å². The molecule has 0 aliphatic carbocycles. The normalized spacial score (nSPS) is 10.9. The van der Waals surface area contributed by atoms with Gasteiger partial charge in [0.2, 0.25) is 0 Å². The van der Waals surface area contributed by atoms with Gasteiger partial charge in [-0.1, -0.05) is 13.8 Å². The summed E-state index contributed by atoms with van der Waals surface area (Å²) in [7, 11) is 0. The second-order valence-electron chi connectivity index (χ2n) is 2.52. The molecule has 0 aliphatic heterocycles. The Hall–Kier alpha value is -0.310. The van der Waals surface area contributed by atoms with Crippen molar-refractivity contribution in [3.63, 3.8) is 0 Å². The maximum absolute atomic E-state index is 12.8. The standard InChI is InChI=1S/C7H9BrFN/c1-4(2)6-5(9)3-10-7(6)8/h3-4,10H,1-2H3. The fourth-order valence-corrected chi connectivity index (χ4v) is 1.68. The quantitative estimate of drug-likeness (QED) is 0.726. The van der Waals surface area contributed by atoms with E-state index < -0.39 is 0 Å². The fourth-order valence-electron chi connectivity index (χ4n) is 0.916. The van der Waals surface area contributed by atoms with Gasteiger partial charge in [0.1, 0.15) is 5.82 Å². The predicted molar refractivity (Wildman–Crippen MR) is 42.5 cm³/mol. The van der Waals surface area contributed by atoms with Crippen LogP contribution in [0.4, 0.5) is 4.39 Å². The van der Waals surface area contributed by atoms with Crippen LogP contribution in [0.5, 0.6) is 0 Å². The first-order chi connectivity index (χ1) is 4.63. The molecule has 1 N–H and O–H groups in total. The zero-order chi connectivity index (χ0) is 7.72. The lowest BCUT2D eigenvalue weighted by atomic mass is 10.1. The molecule has 1 aromatic rings. The molecule has 56 valence electrons. The minimum Gasteiger partial charge on any atom is -0.353 e. The van der Waals surface area contributed by atoms with Crippen LogP contribution in [0.3, 0.4) is 0 Å². The zero-order valence-electron chi connectivity index (χ0n) is 5.91. The van der Waals surface area contributed by atoms with Gasteiger partial charge in [-0.3, -0.25) is 0 Å². The van der Waals surface area contributed by atoms with Crippen LogP contribution in [0.1, 0.15) is 25.3 Å². The van der Waals surface area contributed by atoms with E-state index in [9.17, 15) is 4.39 Å². The van der Waals surface area contributed by atoms with Gasteiger partial charge in [-0.25, -0.2) is 4.39 Å². The highest BCUT2D eigenvalue weighted by Crippen LogP contribution is 2.25. The van der Waals surface area contributed by atoms with E-state index in [2.05, 4.69) is 20.9 Å². The van der Waals surface area contributed by atoms with Crippen molar-refractivity contribution in [1.82, 2.24) is 4.98 Å². The third-order valence-corrected chi connectivity index (χ3v) is 2.05. The number of rotatable bonds is 1. The minimum absolute atomic E-state index is 0.165. The molecular weight excluding hydrogens is 197 g/mol. The van der Waals surface area contributed by atoms with Gasteiger partial charge >= 0.3 is 0 Å². The first kappa shape index (κ1) is 7.79. The summed E-state index contributed by atoms with van der Waals surface area (Å²) >= 11 is 3.22. The smallest absolute Gasteiger partial charge is 0.145 e. The highest BCUT2D eigenvalue weighted by atomic mass is 79.9. The summed E-state index contributed by atoms with van der Waals surface area (Å²) in [5.41, 5.74) is 0.722. The van der Waals surface area contributed by atoms with Crippen molar-refractivity contribution in [2.24, 2.45) is 0 Å². The van der Waals surface area contributed by atoms with Crippen LogP contribution < -0.4 is 0 Å². The highest BCUT2D eigenvalue weighted by Gasteiger charge is 2.11. The van der Waals surface area contributed by atoms with Crippen LogP contribution in [-0.4, -0.2) is 4.98 Å². The number of H-pyrrole nitrogens is 1. The molecule has 0 aromatic carbocycles. The molecule has 0 fully saturated rings. The van der Waals surface area contributed by atoms with E-state index in [4.69, 9.17) is 0 Å². The van der Waals surface area contributed by atoms with Gasteiger partial charge in [0.25, 0.3) is 0 Å². The average Bonchev–Trinajstić information content (AvgIpc) is 2.11. The minimum atomic E-state index is -0.165. The van der Waals surface area contributed by atoms with Gasteiger partial charge in [0, 0.05) is 11.8 Å². The van der Waals surface area contributed by atoms with E-state index in [0.717, 1.165) is 10.2 Å². The molecule has 10 heavy (non-hydrogen) atoms. The summed E-state index contributed by atoms with van der Waals surface area (Å²) in [6.07, 6.45) is 1.36. The topological polar surface area (TPSA) is 15.8 Å². The lowest BCUT2D eigenvalue weighted by Crippen LogP contribution is -1.88. The van der Waals surface area contributed by atoms with Crippen molar-refractivity contribution in [3.8, 4) is 0 Å². The Kier molecular flexibility index (Phi) is 2.14. The molecule has 3 heteroatoms. The molecule has 0 saturated carbocycles. The van der Waals surface area contributed by atoms with Gasteiger partial charge in [-0.15, -0.1) is 0 Å². The van der Waals surface area contributed by atoms with Crippen LogP contribution in [-0.2, 0) is 0 Å². The Morgan fingerprint density at radius 2 is 2.20 bits per heavy atom. The van der Waals surface area contributed by atoms with E-state index >= 15 is 0 Å². The molecule has 0 unspecified atom stereocenters. The molecule has 1 aromatic heterocycles. The number of nitrogens with one attached hydrogen (secondary N) is 1. The summed E-state index contributed by atoms with van der Waals surface area (Å²) < 4.78 is 13.5. The Labute approximate surface area is 67.8 Å². The Bertz CT molecular complexity index is 210. The van der Waals surface area contributed by atoms with Gasteiger partial charge in [-0.2, -0.15) is 0 Å². The molecular formula is C7H9BrFN. The van der Waals surface area contributed by atoms with Crippen molar-refractivity contribution in [2.45, 2.75) is 19.8 Å². The molecule has 0 amide bonds. The van der Waals surface area contributed by atoms with Crippen LogP contribution in [0, 0.1) is 5.82 Å². The third kappa shape index (κ3) is 1.24. The van der Waals surface area contributed by atoms with Crippen molar-refractivity contribution in [1.29, 1.82) is 0 Å². The number of hydrogen-bond acceptors (Lipinski definition) is 0. The summed E-state index contributed by atoms with van der Waals surface area (Å²) in [5.74, 6) is 0.0579. The van der Waals surface area contributed by atoms with Crippen LogP contribution in [0.25, 0.3) is 0 Å². The van der Waals surface area contributed by atoms with Crippen LogP contribution in [0.2, 0.25) is 0 Å². The molecule has 1 heterocycles. The maximum Gasteiger partial charge on any atom is 0.145 e. The van der Waals surface area contributed by atoms with Crippen molar-refractivity contribution in [3.05, 3.63) is 22.2 Å². The number of aromatic amines is 1. The molecule has 0 spiro atoms. The molecule has 0 radical (unpaired) electrons. The summed E-state index contributed by atoms with van der Waals surface area (Å²) in [5, 5.41) is 0. The SMILES string of the molecule is CC(C)c1c(F)c[nH]c1Br. The number of halogens is 2. The van der Waals surface area contributed by atoms with Crippen LogP contribution >= 0.6 is 15.9 Å². The molecule has 0 atom stereocenters. The van der Waals surface area contributed by atoms with Crippen molar-refractivity contribution in [2.75, 3.05) is 0 Å². The first-order valence-electron chi connectivity index (χ1n) is 3.15. The lowest BCUT2D eigenvalue weighted by Gasteiger charge is -2.01. The Morgan fingerprint density at radius 1 is 1.60 bits per heavy atom. The second-order valence-corrected chi connectivity index (χ2v) is 3.31. The molecule has 0 aliphatic rings. The van der Waals surface area contributed by atoms with Crippen molar-refractivity contribution < 1.29 is 4.39 Å². The van der Waals surface area contributed by atoms with E-state index in [1.807, 2.05) is 13.8 Å². The lowest BCUT2D eigenvalue weighted by molar-refractivity contribution is 0.602. The van der Waals surface area contributed by atoms with E-state index in [0.29, 0.717) is 0 Å². The molecule has 0 bridgehead atoms. The van der Waals surface area contributed by atoms with Crippen LogP contribution in [0.15, 0.2) is 10.8 Å². The van der Waals surface area contributed by atoms with E-state index in [1.165, 1.54) is 6.20 Å². The summed E-state index contributed by atoms with van der Waals surface area (Å²) in [6.45, 7) is 3.91. The zero-order valence-corrected chi connectivity index (χ0v) is 7.50. The molecule has 1 nitrogen and oxygen atoms in total. The third-order valence-electron chi connectivity index (χ3n) is 1.40. The number of aromatic nitrogens is 1. The Morgan fingerprint density at radius 3 is 2.40 bits per heavy atom. The Balaban J connectivity index is 3.10. The predicted octanol–water partition coefficient (Wildman–Crippen LogP) is 3.04. The molecule has 1 rings (SSSR count). The largest absolute Gasteiger partial charge is 0.353 e. The fraction of sp³-hybridized carbons (Fsp3) is 0.429. The molecule has 0 saturated heterocycles. The summed E-state index contributed by atoms with van der Waals surface area (Å²) in [6, 6.07) is 0. The van der Waals surface area contributed by atoms with Gasteiger partial charge in [0.15, 0.2) is 0 Å². The maximum atomic E-state index is 12.8. The summed E-state index contributed by atoms with van der Waals surface area (Å²) in [4.78, 5) is 2.76. The number of hydrogen-bond donors (Lipinski definition) is 1. The van der Waals surface area contributed by atoms with Gasteiger partial charge in [0.05, 0.1) is 4.60 Å².